The number of ether oxygens (including phenoxy) is 1. The summed E-state index contributed by atoms with van der Waals surface area (Å²) in [6.45, 7) is 7.24. The van der Waals surface area contributed by atoms with Gasteiger partial charge in [-0.2, -0.15) is 0 Å². The highest BCUT2D eigenvalue weighted by atomic mass is 16.5. The van der Waals surface area contributed by atoms with E-state index in [-0.39, 0.29) is 23.8 Å². The molecule has 0 aliphatic carbocycles. The van der Waals surface area contributed by atoms with Crippen LogP contribution in [0.15, 0.2) is 53.3 Å². The monoisotopic (exact) mass is 446 g/mol. The predicted octanol–water partition coefficient (Wildman–Crippen LogP) is 4.18. The number of carbonyl (C=O) groups excluding carboxylic acids is 2. The van der Waals surface area contributed by atoms with E-state index in [1.807, 2.05) is 43.3 Å². The number of piperidine rings is 1. The van der Waals surface area contributed by atoms with E-state index in [1.54, 1.807) is 24.1 Å². The van der Waals surface area contributed by atoms with Crippen molar-refractivity contribution in [3.05, 3.63) is 70.1 Å². The summed E-state index contributed by atoms with van der Waals surface area (Å²) in [7, 11) is 1.57. The standard InChI is InChI=1S/C27H30N2O4/c1-17-9-11-20(12-10-17)24-21-7-5-6-8-22(21)26(31)28(4)25(24)27(32)33-16-23(30)29-14-18(2)13-19(3)15-29/h5-12,18-19H,13-16H2,1-4H3. The summed E-state index contributed by atoms with van der Waals surface area (Å²) in [5, 5.41) is 1.21. The number of aromatic nitrogens is 1. The number of fused-ring (bicyclic) bond motifs is 1. The summed E-state index contributed by atoms with van der Waals surface area (Å²) < 4.78 is 6.82. The Morgan fingerprint density at radius 2 is 1.58 bits per heavy atom. The minimum atomic E-state index is -0.678. The van der Waals surface area contributed by atoms with Crippen LogP contribution in [0.2, 0.25) is 0 Å². The smallest absolute Gasteiger partial charge is 0.356 e. The fourth-order valence-corrected chi connectivity index (χ4v) is 4.87. The van der Waals surface area contributed by atoms with Crippen molar-refractivity contribution < 1.29 is 14.3 Å². The summed E-state index contributed by atoms with van der Waals surface area (Å²) in [5.74, 6) is -0.0440. The highest BCUT2D eigenvalue weighted by Crippen LogP contribution is 2.31. The molecule has 1 saturated heterocycles. The van der Waals surface area contributed by atoms with Crippen molar-refractivity contribution in [2.24, 2.45) is 18.9 Å². The van der Waals surface area contributed by atoms with E-state index in [0.717, 1.165) is 17.5 Å². The van der Waals surface area contributed by atoms with E-state index in [1.165, 1.54) is 4.57 Å². The van der Waals surface area contributed by atoms with E-state index < -0.39 is 5.97 Å². The Labute approximate surface area is 193 Å². The van der Waals surface area contributed by atoms with Gasteiger partial charge in [0.25, 0.3) is 11.5 Å². The molecule has 33 heavy (non-hydrogen) atoms. The Hall–Kier alpha value is -3.41. The van der Waals surface area contributed by atoms with Crippen molar-refractivity contribution in [2.45, 2.75) is 27.2 Å². The molecule has 2 unspecified atom stereocenters. The van der Waals surface area contributed by atoms with Crippen molar-refractivity contribution in [1.29, 1.82) is 0 Å². The van der Waals surface area contributed by atoms with Crippen LogP contribution in [0.3, 0.4) is 0 Å². The van der Waals surface area contributed by atoms with E-state index in [4.69, 9.17) is 4.74 Å². The van der Waals surface area contributed by atoms with Crippen molar-refractivity contribution in [3.8, 4) is 11.1 Å². The van der Waals surface area contributed by atoms with E-state index >= 15 is 0 Å². The van der Waals surface area contributed by atoms with Crippen molar-refractivity contribution >= 4 is 22.6 Å². The van der Waals surface area contributed by atoms with Gasteiger partial charge < -0.3 is 14.2 Å². The molecule has 4 rings (SSSR count). The van der Waals surface area contributed by atoms with Crippen molar-refractivity contribution in [3.63, 3.8) is 0 Å². The molecule has 0 bridgehead atoms. The van der Waals surface area contributed by atoms with Gasteiger partial charge >= 0.3 is 5.97 Å². The molecular formula is C27H30N2O4. The van der Waals surface area contributed by atoms with E-state index in [2.05, 4.69) is 13.8 Å². The van der Waals surface area contributed by atoms with Crippen LogP contribution in [0, 0.1) is 18.8 Å². The number of hydrogen-bond donors (Lipinski definition) is 0. The Balaban J connectivity index is 1.71. The third kappa shape index (κ3) is 4.56. The Kier molecular flexibility index (Phi) is 6.36. The average Bonchev–Trinajstić information content (AvgIpc) is 2.79. The minimum Gasteiger partial charge on any atom is -0.451 e. The molecule has 2 aromatic carbocycles. The molecule has 3 aromatic rings. The molecule has 1 fully saturated rings. The molecule has 1 aliphatic rings. The van der Waals surface area contributed by atoms with Gasteiger partial charge in [0.05, 0.1) is 0 Å². The van der Waals surface area contributed by atoms with Gasteiger partial charge in [-0.15, -0.1) is 0 Å². The molecule has 6 heteroatoms. The largest absolute Gasteiger partial charge is 0.451 e. The average molecular weight is 447 g/mol. The maximum absolute atomic E-state index is 13.3. The lowest BCUT2D eigenvalue weighted by molar-refractivity contribution is -0.137. The second-order valence-electron chi connectivity index (χ2n) is 9.32. The number of amides is 1. The quantitative estimate of drug-likeness (QED) is 0.564. The first-order valence-corrected chi connectivity index (χ1v) is 11.4. The molecule has 1 aliphatic heterocycles. The third-order valence-electron chi connectivity index (χ3n) is 6.39. The van der Waals surface area contributed by atoms with Gasteiger partial charge in [-0.25, -0.2) is 4.79 Å². The molecule has 172 valence electrons. The molecule has 2 heterocycles. The fraction of sp³-hybridized carbons (Fsp3) is 0.370. The first kappa shape index (κ1) is 22.8. The minimum absolute atomic E-state index is 0.149. The predicted molar refractivity (Wildman–Crippen MR) is 129 cm³/mol. The SMILES string of the molecule is Cc1ccc(-c2c(C(=O)OCC(=O)N3CC(C)CC(C)C3)n(C)c(=O)c3ccccc23)cc1. The van der Waals surface area contributed by atoms with Gasteiger partial charge in [-0.05, 0) is 42.2 Å². The zero-order chi connectivity index (χ0) is 23.7. The highest BCUT2D eigenvalue weighted by molar-refractivity contribution is 6.07. The van der Waals surface area contributed by atoms with Crippen LogP contribution in [-0.4, -0.2) is 41.0 Å². The van der Waals surface area contributed by atoms with Gasteiger partial charge in [-0.3, -0.25) is 9.59 Å². The number of rotatable bonds is 4. The topological polar surface area (TPSA) is 68.6 Å². The fourth-order valence-electron chi connectivity index (χ4n) is 4.87. The second-order valence-corrected chi connectivity index (χ2v) is 9.32. The second kappa shape index (κ2) is 9.22. The number of carbonyl (C=O) groups is 2. The van der Waals surface area contributed by atoms with Crippen LogP contribution in [0.25, 0.3) is 21.9 Å². The summed E-state index contributed by atoms with van der Waals surface area (Å²) in [6.07, 6.45) is 1.09. The summed E-state index contributed by atoms with van der Waals surface area (Å²) in [4.78, 5) is 40.8. The molecule has 0 radical (unpaired) electrons. The van der Waals surface area contributed by atoms with Crippen LogP contribution < -0.4 is 5.56 Å². The third-order valence-corrected chi connectivity index (χ3v) is 6.39. The van der Waals surface area contributed by atoms with Crippen LogP contribution in [-0.2, 0) is 16.6 Å². The first-order chi connectivity index (χ1) is 15.8. The van der Waals surface area contributed by atoms with Gasteiger partial charge in [0.15, 0.2) is 6.61 Å². The van der Waals surface area contributed by atoms with Gasteiger partial charge in [0.1, 0.15) is 5.69 Å². The lowest BCUT2D eigenvalue weighted by Crippen LogP contribution is -2.44. The van der Waals surface area contributed by atoms with Crippen molar-refractivity contribution in [1.82, 2.24) is 9.47 Å². The van der Waals surface area contributed by atoms with E-state index in [9.17, 15) is 14.4 Å². The van der Waals surface area contributed by atoms with Crippen LogP contribution in [0.5, 0.6) is 0 Å². The Morgan fingerprint density at radius 3 is 2.21 bits per heavy atom. The normalized spacial score (nSPS) is 18.4. The Bertz CT molecular complexity index is 1250. The summed E-state index contributed by atoms with van der Waals surface area (Å²) in [6, 6.07) is 15.0. The van der Waals surface area contributed by atoms with Crippen LogP contribution >= 0.6 is 0 Å². The van der Waals surface area contributed by atoms with Crippen LogP contribution in [0.1, 0.15) is 36.3 Å². The lowest BCUT2D eigenvalue weighted by atomic mass is 9.92. The number of pyridine rings is 1. The molecule has 0 spiro atoms. The van der Waals surface area contributed by atoms with Crippen molar-refractivity contribution in [2.75, 3.05) is 19.7 Å². The maximum atomic E-state index is 13.3. The molecule has 0 saturated carbocycles. The summed E-state index contributed by atoms with van der Waals surface area (Å²) >= 11 is 0. The molecule has 6 nitrogen and oxygen atoms in total. The number of esters is 1. The van der Waals surface area contributed by atoms with Gasteiger partial charge in [0.2, 0.25) is 0 Å². The number of aryl methyl sites for hydroxylation is 1. The molecule has 1 amide bonds. The maximum Gasteiger partial charge on any atom is 0.356 e. The highest BCUT2D eigenvalue weighted by Gasteiger charge is 2.28. The zero-order valence-corrected chi connectivity index (χ0v) is 19.6. The number of hydrogen-bond acceptors (Lipinski definition) is 4. The van der Waals surface area contributed by atoms with Gasteiger partial charge in [-0.1, -0.05) is 61.9 Å². The van der Waals surface area contributed by atoms with E-state index in [0.29, 0.717) is 41.3 Å². The zero-order valence-electron chi connectivity index (χ0n) is 19.6. The molecular weight excluding hydrogens is 416 g/mol. The number of benzene rings is 2. The first-order valence-electron chi connectivity index (χ1n) is 11.4. The van der Waals surface area contributed by atoms with Crippen LogP contribution in [0.4, 0.5) is 0 Å². The Morgan fingerprint density at radius 1 is 0.970 bits per heavy atom. The molecule has 2 atom stereocenters. The number of likely N-dealkylation sites (tertiary alicyclic amines) is 1. The summed E-state index contributed by atoms with van der Waals surface area (Å²) in [5.41, 5.74) is 2.40. The molecule has 0 N–H and O–H groups in total. The number of nitrogens with zero attached hydrogens (tertiary/aromatic N) is 2. The van der Waals surface area contributed by atoms with Gasteiger partial charge in [0, 0.05) is 31.1 Å². The lowest BCUT2D eigenvalue weighted by Gasteiger charge is -2.34. The molecule has 1 aromatic heterocycles.